The molecule has 6 heteroatoms. The highest BCUT2D eigenvalue weighted by Crippen LogP contribution is 2.41. The number of sulfonamides is 1. The van der Waals surface area contributed by atoms with E-state index in [1.165, 1.54) is 4.31 Å². The number of hydrogen-bond acceptors (Lipinski definition) is 4. The maximum absolute atomic E-state index is 12.8. The Bertz CT molecular complexity index is 619. The van der Waals surface area contributed by atoms with Crippen molar-refractivity contribution in [3.63, 3.8) is 0 Å². The van der Waals surface area contributed by atoms with E-state index in [1.807, 2.05) is 18.2 Å². The van der Waals surface area contributed by atoms with Crippen LogP contribution in [0.4, 0.5) is 0 Å². The lowest BCUT2D eigenvalue weighted by atomic mass is 10.0. The number of aliphatic hydroxyl groups excluding tert-OH is 2. The average Bonchev–Trinajstić information content (AvgIpc) is 2.76. The minimum absolute atomic E-state index is 0.0782. The number of benzene rings is 1. The van der Waals surface area contributed by atoms with E-state index in [4.69, 9.17) is 0 Å². The number of rotatable bonds is 4. The molecular weight excluding hydrogens is 290 g/mol. The minimum atomic E-state index is -3.48. The molecule has 1 heterocycles. The third kappa shape index (κ3) is 2.85. The maximum atomic E-state index is 12.8. The minimum Gasteiger partial charge on any atom is -0.396 e. The van der Waals surface area contributed by atoms with E-state index in [-0.39, 0.29) is 19.3 Å². The van der Waals surface area contributed by atoms with E-state index in [1.54, 1.807) is 20.8 Å². The number of aliphatic hydroxyl groups is 2. The van der Waals surface area contributed by atoms with Crippen molar-refractivity contribution in [3.8, 4) is 0 Å². The summed E-state index contributed by atoms with van der Waals surface area (Å²) in [6, 6.07) is 5.15. The van der Waals surface area contributed by atoms with E-state index in [2.05, 4.69) is 0 Å². The molecule has 0 radical (unpaired) electrons. The van der Waals surface area contributed by atoms with Gasteiger partial charge in [0.1, 0.15) is 0 Å². The Morgan fingerprint density at radius 1 is 1.29 bits per heavy atom. The second-order valence-corrected chi connectivity index (χ2v) is 9.03. The molecule has 5 nitrogen and oxygen atoms in total. The van der Waals surface area contributed by atoms with E-state index >= 15 is 0 Å². The Morgan fingerprint density at radius 3 is 2.48 bits per heavy atom. The molecule has 0 aliphatic carbocycles. The smallest absolute Gasteiger partial charge is 0.219 e. The molecule has 0 saturated carbocycles. The summed E-state index contributed by atoms with van der Waals surface area (Å²) in [5, 5.41) is 18.6. The molecule has 1 aliphatic rings. The van der Waals surface area contributed by atoms with E-state index < -0.39 is 14.8 Å². The zero-order valence-electron chi connectivity index (χ0n) is 12.7. The summed E-state index contributed by atoms with van der Waals surface area (Å²) >= 11 is 0. The summed E-state index contributed by atoms with van der Waals surface area (Å²) in [5.41, 5.74) is 2.59. The highest BCUT2D eigenvalue weighted by molar-refractivity contribution is 7.90. The Balaban J connectivity index is 2.47. The first kappa shape index (κ1) is 16.4. The summed E-state index contributed by atoms with van der Waals surface area (Å²) in [6.45, 7) is 5.21. The van der Waals surface area contributed by atoms with Crippen LogP contribution in [0.1, 0.15) is 49.9 Å². The molecule has 1 atom stereocenters. The van der Waals surface area contributed by atoms with Crippen molar-refractivity contribution in [1.29, 1.82) is 0 Å². The van der Waals surface area contributed by atoms with Crippen molar-refractivity contribution < 1.29 is 18.6 Å². The Labute approximate surface area is 126 Å². The molecule has 21 heavy (non-hydrogen) atoms. The fourth-order valence-electron chi connectivity index (χ4n) is 2.66. The molecule has 0 saturated heterocycles. The first-order chi connectivity index (χ1) is 9.72. The van der Waals surface area contributed by atoms with Gasteiger partial charge in [-0.05, 0) is 43.9 Å². The lowest BCUT2D eigenvalue weighted by Crippen LogP contribution is -2.42. The molecule has 0 amide bonds. The van der Waals surface area contributed by atoms with Gasteiger partial charge in [0.25, 0.3) is 0 Å². The number of nitrogens with zero attached hydrogens (tertiary/aromatic N) is 1. The first-order valence-corrected chi connectivity index (χ1v) is 8.51. The van der Waals surface area contributed by atoms with Gasteiger partial charge in [-0.2, -0.15) is 4.31 Å². The second-order valence-electron chi connectivity index (χ2n) is 6.38. The zero-order chi connectivity index (χ0) is 15.8. The van der Waals surface area contributed by atoms with Crippen molar-refractivity contribution in [2.24, 2.45) is 0 Å². The molecule has 0 bridgehead atoms. The summed E-state index contributed by atoms with van der Waals surface area (Å²) < 4.78 is 26.1. The quantitative estimate of drug-likeness (QED) is 0.884. The monoisotopic (exact) mass is 313 g/mol. The summed E-state index contributed by atoms with van der Waals surface area (Å²) in [6.07, 6.45) is 0.358. The molecule has 0 spiro atoms. The SMILES string of the molecule is CC(C)(C)S(=O)(=O)N1Cc2ccc(CO)cc2[C@@H]1CCO. The fourth-order valence-corrected chi connectivity index (χ4v) is 4.22. The van der Waals surface area contributed by atoms with E-state index in [0.717, 1.165) is 16.7 Å². The van der Waals surface area contributed by atoms with Crippen LogP contribution in [0.15, 0.2) is 18.2 Å². The van der Waals surface area contributed by atoms with Crippen LogP contribution in [-0.4, -0.2) is 34.3 Å². The fraction of sp³-hybridized carbons (Fsp3) is 0.600. The third-order valence-corrected chi connectivity index (χ3v) is 6.46. The Hall–Kier alpha value is -0.950. The average molecular weight is 313 g/mol. The van der Waals surface area contributed by atoms with Gasteiger partial charge in [-0.25, -0.2) is 8.42 Å². The molecule has 0 aromatic heterocycles. The molecule has 0 unspecified atom stereocenters. The summed E-state index contributed by atoms with van der Waals surface area (Å²) in [5.74, 6) is 0. The molecular formula is C15H23NO4S. The highest BCUT2D eigenvalue weighted by atomic mass is 32.2. The lowest BCUT2D eigenvalue weighted by molar-refractivity contribution is 0.233. The van der Waals surface area contributed by atoms with E-state index in [0.29, 0.717) is 13.0 Å². The Kier molecular flexibility index (Phi) is 4.44. The highest BCUT2D eigenvalue weighted by Gasteiger charge is 2.43. The second kappa shape index (κ2) is 5.68. The predicted molar refractivity (Wildman–Crippen MR) is 81.0 cm³/mol. The third-order valence-electron chi connectivity index (χ3n) is 3.91. The van der Waals surface area contributed by atoms with Crippen LogP contribution in [0.5, 0.6) is 0 Å². The largest absolute Gasteiger partial charge is 0.396 e. The van der Waals surface area contributed by atoms with Crippen LogP contribution < -0.4 is 0 Å². The lowest BCUT2D eigenvalue weighted by Gasteiger charge is -2.31. The predicted octanol–water partition coefficient (Wildman–Crippen LogP) is 1.55. The van der Waals surface area contributed by atoms with Gasteiger partial charge < -0.3 is 10.2 Å². The van der Waals surface area contributed by atoms with Crippen LogP contribution in [0, 0.1) is 0 Å². The summed E-state index contributed by atoms with van der Waals surface area (Å²) in [7, 11) is -3.48. The standard InChI is InChI=1S/C15H23NO4S/c1-15(2,3)21(19,20)16-9-12-5-4-11(10-18)8-13(12)14(16)6-7-17/h4-5,8,14,17-18H,6-7,9-10H2,1-3H3/t14-/m0/s1. The van der Waals surface area contributed by atoms with Gasteiger partial charge in [0.2, 0.25) is 10.0 Å². The molecule has 118 valence electrons. The van der Waals surface area contributed by atoms with Crippen molar-refractivity contribution >= 4 is 10.0 Å². The molecule has 2 N–H and O–H groups in total. The van der Waals surface area contributed by atoms with Crippen molar-refractivity contribution in [2.45, 2.75) is 51.1 Å². The van der Waals surface area contributed by atoms with Crippen LogP contribution in [0.25, 0.3) is 0 Å². The number of hydrogen-bond donors (Lipinski definition) is 2. The van der Waals surface area contributed by atoms with Gasteiger partial charge in [0, 0.05) is 13.2 Å². The molecule has 1 aromatic carbocycles. The molecule has 2 rings (SSSR count). The summed E-state index contributed by atoms with van der Waals surface area (Å²) in [4.78, 5) is 0. The topological polar surface area (TPSA) is 77.8 Å². The van der Waals surface area contributed by atoms with Gasteiger partial charge in [-0.1, -0.05) is 18.2 Å². The first-order valence-electron chi connectivity index (χ1n) is 7.07. The molecule has 0 fully saturated rings. The zero-order valence-corrected chi connectivity index (χ0v) is 13.5. The van der Waals surface area contributed by atoms with Gasteiger partial charge in [0.05, 0.1) is 17.4 Å². The normalized spacial score (nSPS) is 19.8. The van der Waals surface area contributed by atoms with E-state index in [9.17, 15) is 18.6 Å². The molecule has 1 aliphatic heterocycles. The molecule has 1 aromatic rings. The van der Waals surface area contributed by atoms with Gasteiger partial charge in [-0.3, -0.25) is 0 Å². The van der Waals surface area contributed by atoms with Gasteiger partial charge in [-0.15, -0.1) is 0 Å². The van der Waals surface area contributed by atoms with Crippen LogP contribution in [-0.2, 0) is 23.2 Å². The van der Waals surface area contributed by atoms with Gasteiger partial charge >= 0.3 is 0 Å². The van der Waals surface area contributed by atoms with Crippen molar-refractivity contribution in [3.05, 3.63) is 34.9 Å². The van der Waals surface area contributed by atoms with Crippen LogP contribution in [0.3, 0.4) is 0 Å². The Morgan fingerprint density at radius 2 is 1.95 bits per heavy atom. The van der Waals surface area contributed by atoms with Crippen LogP contribution >= 0.6 is 0 Å². The maximum Gasteiger partial charge on any atom is 0.219 e. The van der Waals surface area contributed by atoms with Crippen molar-refractivity contribution in [1.82, 2.24) is 4.31 Å². The van der Waals surface area contributed by atoms with Crippen LogP contribution in [0.2, 0.25) is 0 Å². The number of fused-ring (bicyclic) bond motifs is 1. The van der Waals surface area contributed by atoms with Crippen molar-refractivity contribution in [2.75, 3.05) is 6.61 Å². The van der Waals surface area contributed by atoms with Gasteiger partial charge in [0.15, 0.2) is 0 Å².